The van der Waals surface area contributed by atoms with E-state index in [4.69, 9.17) is 9.15 Å². The molecule has 2 rings (SSSR count). The standard InChI is InChI=1S/C21H28N2O4/c1-4-20(24)22(12-13-26-3)16-21(25)23(14-18-8-6-5-7-9-18)15-19-11-10-17(2)27-19/h5-11H,4,12-16H2,1-3H3. The van der Waals surface area contributed by atoms with Crippen molar-refractivity contribution < 1.29 is 18.7 Å². The van der Waals surface area contributed by atoms with Gasteiger partial charge in [-0.2, -0.15) is 0 Å². The Kier molecular flexibility index (Phi) is 8.07. The van der Waals surface area contributed by atoms with Crippen molar-refractivity contribution in [2.24, 2.45) is 0 Å². The predicted octanol–water partition coefficient (Wildman–Crippen LogP) is 3.00. The molecule has 0 spiro atoms. The van der Waals surface area contributed by atoms with Crippen molar-refractivity contribution >= 4 is 11.8 Å². The van der Waals surface area contributed by atoms with Gasteiger partial charge in [0, 0.05) is 26.6 Å². The molecule has 0 radical (unpaired) electrons. The SMILES string of the molecule is CCC(=O)N(CCOC)CC(=O)N(Cc1ccccc1)Cc1ccc(C)o1. The first-order chi connectivity index (χ1) is 13.0. The smallest absolute Gasteiger partial charge is 0.242 e. The number of carbonyl (C=O) groups excluding carboxylic acids is 2. The zero-order valence-electron chi connectivity index (χ0n) is 16.3. The Bertz CT molecular complexity index is 727. The van der Waals surface area contributed by atoms with Crippen molar-refractivity contribution in [3.63, 3.8) is 0 Å². The summed E-state index contributed by atoms with van der Waals surface area (Å²) in [4.78, 5) is 28.5. The van der Waals surface area contributed by atoms with Gasteiger partial charge in [0.05, 0.1) is 19.7 Å². The number of amides is 2. The average Bonchev–Trinajstić information content (AvgIpc) is 3.09. The van der Waals surface area contributed by atoms with Crippen molar-refractivity contribution in [1.82, 2.24) is 9.80 Å². The minimum absolute atomic E-state index is 0.0303. The van der Waals surface area contributed by atoms with Gasteiger partial charge >= 0.3 is 0 Å². The van der Waals surface area contributed by atoms with Gasteiger partial charge in [-0.1, -0.05) is 37.3 Å². The minimum Gasteiger partial charge on any atom is -0.464 e. The quantitative estimate of drug-likeness (QED) is 0.643. The van der Waals surface area contributed by atoms with Crippen LogP contribution in [0.2, 0.25) is 0 Å². The fourth-order valence-electron chi connectivity index (χ4n) is 2.77. The van der Waals surface area contributed by atoms with Crippen LogP contribution in [0.25, 0.3) is 0 Å². The van der Waals surface area contributed by atoms with Crippen LogP contribution in [0.15, 0.2) is 46.9 Å². The molecule has 0 aliphatic heterocycles. The molecule has 0 aliphatic carbocycles. The van der Waals surface area contributed by atoms with E-state index in [-0.39, 0.29) is 18.4 Å². The molecule has 1 aromatic carbocycles. The number of benzene rings is 1. The van der Waals surface area contributed by atoms with Gasteiger partial charge < -0.3 is 19.0 Å². The molecular weight excluding hydrogens is 344 g/mol. The Morgan fingerprint density at radius 1 is 1.00 bits per heavy atom. The van der Waals surface area contributed by atoms with E-state index in [0.29, 0.717) is 32.7 Å². The summed E-state index contributed by atoms with van der Waals surface area (Å²) in [5, 5.41) is 0. The fraction of sp³-hybridized carbons (Fsp3) is 0.429. The third-order valence-electron chi connectivity index (χ3n) is 4.26. The van der Waals surface area contributed by atoms with Crippen molar-refractivity contribution in [2.45, 2.75) is 33.4 Å². The van der Waals surface area contributed by atoms with Gasteiger partial charge in [0.2, 0.25) is 11.8 Å². The summed E-state index contributed by atoms with van der Waals surface area (Å²) in [6.45, 7) is 5.31. The molecule has 1 heterocycles. The summed E-state index contributed by atoms with van der Waals surface area (Å²) < 4.78 is 10.7. The zero-order chi connectivity index (χ0) is 19.6. The number of ether oxygens (including phenoxy) is 1. The first kappa shape index (κ1) is 20.7. The third kappa shape index (κ3) is 6.57. The molecule has 6 nitrogen and oxygen atoms in total. The third-order valence-corrected chi connectivity index (χ3v) is 4.26. The summed E-state index contributed by atoms with van der Waals surface area (Å²) in [5.74, 6) is 1.35. The Morgan fingerprint density at radius 3 is 2.33 bits per heavy atom. The first-order valence-electron chi connectivity index (χ1n) is 9.17. The molecule has 0 atom stereocenters. The fourth-order valence-corrected chi connectivity index (χ4v) is 2.77. The Hall–Kier alpha value is -2.60. The Balaban J connectivity index is 2.14. The van der Waals surface area contributed by atoms with E-state index in [1.54, 1.807) is 23.8 Å². The van der Waals surface area contributed by atoms with Crippen LogP contribution in [-0.2, 0) is 27.4 Å². The molecule has 0 saturated carbocycles. The molecule has 0 bridgehead atoms. The normalized spacial score (nSPS) is 10.6. The van der Waals surface area contributed by atoms with Crippen LogP contribution in [-0.4, -0.2) is 48.4 Å². The van der Waals surface area contributed by atoms with Gasteiger partial charge in [-0.05, 0) is 24.6 Å². The monoisotopic (exact) mass is 372 g/mol. The second-order valence-corrected chi connectivity index (χ2v) is 6.41. The molecule has 1 aromatic heterocycles. The number of nitrogens with zero attached hydrogens (tertiary/aromatic N) is 2. The lowest BCUT2D eigenvalue weighted by Gasteiger charge is -2.27. The molecule has 0 fully saturated rings. The molecule has 0 saturated heterocycles. The molecule has 2 aromatic rings. The van der Waals surface area contributed by atoms with E-state index in [9.17, 15) is 9.59 Å². The lowest BCUT2D eigenvalue weighted by atomic mass is 10.2. The highest BCUT2D eigenvalue weighted by molar-refractivity contribution is 5.84. The van der Waals surface area contributed by atoms with Gasteiger partial charge in [-0.25, -0.2) is 0 Å². The predicted molar refractivity (Wildman–Crippen MR) is 103 cm³/mol. The second-order valence-electron chi connectivity index (χ2n) is 6.41. The molecule has 0 aliphatic rings. The number of rotatable bonds is 10. The van der Waals surface area contributed by atoms with Crippen molar-refractivity contribution in [3.8, 4) is 0 Å². The largest absolute Gasteiger partial charge is 0.464 e. The van der Waals surface area contributed by atoms with Gasteiger partial charge in [0.25, 0.3) is 0 Å². The van der Waals surface area contributed by atoms with E-state index in [1.807, 2.05) is 49.4 Å². The van der Waals surface area contributed by atoms with Gasteiger partial charge in [-0.15, -0.1) is 0 Å². The van der Waals surface area contributed by atoms with Crippen molar-refractivity contribution in [2.75, 3.05) is 26.8 Å². The van der Waals surface area contributed by atoms with Crippen LogP contribution >= 0.6 is 0 Å². The number of aryl methyl sites for hydroxylation is 1. The van der Waals surface area contributed by atoms with Crippen LogP contribution < -0.4 is 0 Å². The summed E-state index contributed by atoms with van der Waals surface area (Å²) in [5.41, 5.74) is 1.03. The van der Waals surface area contributed by atoms with E-state index >= 15 is 0 Å². The van der Waals surface area contributed by atoms with Crippen LogP contribution in [0, 0.1) is 6.92 Å². The molecule has 6 heteroatoms. The summed E-state index contributed by atoms with van der Waals surface area (Å²) in [6.07, 6.45) is 0.354. The van der Waals surface area contributed by atoms with Gasteiger partial charge in [-0.3, -0.25) is 9.59 Å². The number of methoxy groups -OCH3 is 1. The van der Waals surface area contributed by atoms with E-state index in [1.165, 1.54) is 0 Å². The van der Waals surface area contributed by atoms with E-state index in [0.717, 1.165) is 17.1 Å². The molecule has 0 N–H and O–H groups in total. The van der Waals surface area contributed by atoms with Crippen LogP contribution in [0.1, 0.15) is 30.4 Å². The number of hydrogen-bond acceptors (Lipinski definition) is 4. The topological polar surface area (TPSA) is 63.0 Å². The number of furan rings is 1. The molecular formula is C21H28N2O4. The number of hydrogen-bond donors (Lipinski definition) is 0. The lowest BCUT2D eigenvalue weighted by Crippen LogP contribution is -2.43. The molecule has 2 amide bonds. The summed E-state index contributed by atoms with van der Waals surface area (Å²) in [7, 11) is 1.58. The molecule has 0 unspecified atom stereocenters. The summed E-state index contributed by atoms with van der Waals surface area (Å²) in [6, 6.07) is 13.5. The highest BCUT2D eigenvalue weighted by Crippen LogP contribution is 2.14. The maximum Gasteiger partial charge on any atom is 0.242 e. The molecule has 146 valence electrons. The zero-order valence-corrected chi connectivity index (χ0v) is 16.3. The Labute approximate surface area is 160 Å². The van der Waals surface area contributed by atoms with Crippen molar-refractivity contribution in [1.29, 1.82) is 0 Å². The van der Waals surface area contributed by atoms with Gasteiger partial charge in [0.1, 0.15) is 11.5 Å². The van der Waals surface area contributed by atoms with Crippen LogP contribution in [0.4, 0.5) is 0 Å². The van der Waals surface area contributed by atoms with Crippen LogP contribution in [0.3, 0.4) is 0 Å². The molecule has 27 heavy (non-hydrogen) atoms. The van der Waals surface area contributed by atoms with E-state index < -0.39 is 0 Å². The average molecular weight is 372 g/mol. The summed E-state index contributed by atoms with van der Waals surface area (Å²) >= 11 is 0. The first-order valence-corrected chi connectivity index (χ1v) is 9.17. The minimum atomic E-state index is -0.120. The van der Waals surface area contributed by atoms with Gasteiger partial charge in [0.15, 0.2) is 0 Å². The highest BCUT2D eigenvalue weighted by Gasteiger charge is 2.21. The lowest BCUT2D eigenvalue weighted by molar-refractivity contribution is -0.141. The van der Waals surface area contributed by atoms with Crippen molar-refractivity contribution in [3.05, 3.63) is 59.5 Å². The maximum atomic E-state index is 13.0. The number of carbonyl (C=O) groups is 2. The highest BCUT2D eigenvalue weighted by atomic mass is 16.5. The second kappa shape index (κ2) is 10.5. The van der Waals surface area contributed by atoms with Crippen LogP contribution in [0.5, 0.6) is 0 Å². The van der Waals surface area contributed by atoms with E-state index in [2.05, 4.69) is 0 Å². The maximum absolute atomic E-state index is 13.0. The Morgan fingerprint density at radius 2 is 1.74 bits per heavy atom.